The quantitative estimate of drug-likeness (QED) is 0.185. The van der Waals surface area contributed by atoms with Crippen molar-refractivity contribution in [2.45, 2.75) is 0 Å². The molecule has 2 aromatic heterocycles. The van der Waals surface area contributed by atoms with Crippen molar-refractivity contribution in [1.29, 1.82) is 0 Å². The average Bonchev–Trinajstić information content (AvgIpc) is 3.70. The third-order valence-corrected chi connectivity index (χ3v) is 9.86. The van der Waals surface area contributed by atoms with Crippen LogP contribution in [-0.4, -0.2) is 9.13 Å². The molecule has 10 aromatic rings. The van der Waals surface area contributed by atoms with E-state index in [0.29, 0.717) is 0 Å². The second-order valence-corrected chi connectivity index (χ2v) is 12.6. The van der Waals surface area contributed by atoms with Gasteiger partial charge in [0, 0.05) is 55.4 Å². The highest BCUT2D eigenvalue weighted by Crippen LogP contribution is 2.44. The third kappa shape index (κ3) is 4.23. The number of hydrogen-bond acceptors (Lipinski definition) is 1. The van der Waals surface area contributed by atoms with E-state index in [4.69, 9.17) is 0 Å². The lowest BCUT2D eigenvalue weighted by atomic mass is 10.0. The molecule has 3 heteroatoms. The van der Waals surface area contributed by atoms with E-state index in [1.54, 1.807) is 0 Å². The Labute approximate surface area is 284 Å². The van der Waals surface area contributed by atoms with E-state index >= 15 is 0 Å². The molecule has 0 aliphatic rings. The van der Waals surface area contributed by atoms with E-state index in [0.717, 1.165) is 22.7 Å². The molecule has 0 unspecified atom stereocenters. The fourth-order valence-corrected chi connectivity index (χ4v) is 7.80. The van der Waals surface area contributed by atoms with E-state index in [2.05, 4.69) is 202 Å². The number of benzene rings is 8. The highest BCUT2D eigenvalue weighted by atomic mass is 15.1. The predicted molar refractivity (Wildman–Crippen MR) is 207 cm³/mol. The average molecular weight is 626 g/mol. The lowest BCUT2D eigenvalue weighted by Crippen LogP contribution is -2.09. The predicted octanol–water partition coefficient (Wildman–Crippen LogP) is 12.5. The summed E-state index contributed by atoms with van der Waals surface area (Å²) in [5, 5.41) is 7.59. The van der Waals surface area contributed by atoms with Crippen molar-refractivity contribution in [2.24, 2.45) is 0 Å². The molecule has 10 rings (SSSR count). The van der Waals surface area contributed by atoms with Crippen LogP contribution in [0.2, 0.25) is 0 Å². The number of hydrogen-bond donors (Lipinski definition) is 0. The largest absolute Gasteiger partial charge is 0.311 e. The Morgan fingerprint density at radius 2 is 0.816 bits per heavy atom. The van der Waals surface area contributed by atoms with Gasteiger partial charge in [-0.2, -0.15) is 0 Å². The van der Waals surface area contributed by atoms with Gasteiger partial charge in [0.1, 0.15) is 0 Å². The normalized spacial score (nSPS) is 11.7. The molecule has 2 heterocycles. The second-order valence-electron chi connectivity index (χ2n) is 12.6. The molecule has 0 atom stereocenters. The van der Waals surface area contributed by atoms with Gasteiger partial charge in [-0.3, -0.25) is 0 Å². The van der Waals surface area contributed by atoms with Crippen LogP contribution in [0.1, 0.15) is 0 Å². The van der Waals surface area contributed by atoms with E-state index in [-0.39, 0.29) is 0 Å². The van der Waals surface area contributed by atoms with Crippen molar-refractivity contribution in [2.75, 3.05) is 4.90 Å². The fourth-order valence-electron chi connectivity index (χ4n) is 7.80. The number of rotatable bonds is 5. The first kappa shape index (κ1) is 27.5. The fraction of sp³-hybridized carbons (Fsp3) is 0. The van der Waals surface area contributed by atoms with Crippen molar-refractivity contribution in [3.05, 3.63) is 188 Å². The molecular formula is C46H31N3. The molecule has 0 amide bonds. The Balaban J connectivity index is 1.24. The summed E-state index contributed by atoms with van der Waals surface area (Å²) >= 11 is 0. The highest BCUT2D eigenvalue weighted by Gasteiger charge is 2.22. The summed E-state index contributed by atoms with van der Waals surface area (Å²) < 4.78 is 4.88. The second kappa shape index (κ2) is 11.0. The zero-order valence-corrected chi connectivity index (χ0v) is 26.7. The Hall–Kier alpha value is -6.58. The monoisotopic (exact) mass is 625 g/mol. The molecule has 0 bridgehead atoms. The van der Waals surface area contributed by atoms with Crippen molar-refractivity contribution >= 4 is 71.4 Å². The number of anilines is 3. The SMILES string of the molecule is c1ccc(N(c2ccccc2)c2ccc(-n3c4ccccc4c4c5c6ccc7ccccc7c6n(-c6ccccc6)c5ccc43)cc2)cc1. The lowest BCUT2D eigenvalue weighted by Gasteiger charge is -2.25. The number of nitrogens with zero attached hydrogens (tertiary/aromatic N) is 3. The van der Waals surface area contributed by atoms with Crippen LogP contribution in [0.25, 0.3) is 65.8 Å². The van der Waals surface area contributed by atoms with Gasteiger partial charge in [0.15, 0.2) is 0 Å². The van der Waals surface area contributed by atoms with Crippen LogP contribution in [0.3, 0.4) is 0 Å². The Morgan fingerprint density at radius 1 is 0.306 bits per heavy atom. The molecule has 0 saturated carbocycles. The first-order valence-electron chi connectivity index (χ1n) is 16.8. The van der Waals surface area contributed by atoms with Crippen LogP contribution in [0.15, 0.2) is 188 Å². The Morgan fingerprint density at radius 3 is 1.51 bits per heavy atom. The minimum atomic E-state index is 1.11. The zero-order valence-electron chi connectivity index (χ0n) is 26.7. The molecule has 0 spiro atoms. The minimum Gasteiger partial charge on any atom is -0.311 e. The van der Waals surface area contributed by atoms with Crippen LogP contribution in [0.5, 0.6) is 0 Å². The Bertz CT molecular complexity index is 2750. The summed E-state index contributed by atoms with van der Waals surface area (Å²) in [6.07, 6.45) is 0. The summed E-state index contributed by atoms with van der Waals surface area (Å²) in [7, 11) is 0. The van der Waals surface area contributed by atoms with Crippen LogP contribution in [0.4, 0.5) is 17.1 Å². The van der Waals surface area contributed by atoms with E-state index in [9.17, 15) is 0 Å². The molecule has 230 valence electrons. The summed E-state index contributed by atoms with van der Waals surface area (Å²) in [5.74, 6) is 0. The van der Waals surface area contributed by atoms with Gasteiger partial charge in [-0.1, -0.05) is 109 Å². The zero-order chi connectivity index (χ0) is 32.3. The van der Waals surface area contributed by atoms with Crippen molar-refractivity contribution in [3.8, 4) is 11.4 Å². The lowest BCUT2D eigenvalue weighted by molar-refractivity contribution is 1.17. The van der Waals surface area contributed by atoms with Gasteiger partial charge in [-0.25, -0.2) is 0 Å². The smallest absolute Gasteiger partial charge is 0.0619 e. The first-order valence-corrected chi connectivity index (χ1v) is 16.8. The van der Waals surface area contributed by atoms with E-state index < -0.39 is 0 Å². The molecule has 0 aliphatic heterocycles. The number of aromatic nitrogens is 2. The maximum Gasteiger partial charge on any atom is 0.0619 e. The summed E-state index contributed by atoms with van der Waals surface area (Å²) in [6.45, 7) is 0. The molecule has 0 saturated heterocycles. The molecule has 0 radical (unpaired) electrons. The molecule has 0 N–H and O–H groups in total. The highest BCUT2D eigenvalue weighted by molar-refractivity contribution is 6.31. The summed E-state index contributed by atoms with van der Waals surface area (Å²) in [6, 6.07) is 67.7. The molecule has 0 fully saturated rings. The molecule has 49 heavy (non-hydrogen) atoms. The van der Waals surface area contributed by atoms with E-state index in [1.807, 2.05) is 0 Å². The maximum atomic E-state index is 2.45. The van der Waals surface area contributed by atoms with Gasteiger partial charge >= 0.3 is 0 Å². The summed E-state index contributed by atoms with van der Waals surface area (Å²) in [5.41, 5.74) is 10.5. The number of para-hydroxylation sites is 4. The minimum absolute atomic E-state index is 1.11. The van der Waals surface area contributed by atoms with Crippen molar-refractivity contribution in [1.82, 2.24) is 9.13 Å². The molecular weight excluding hydrogens is 595 g/mol. The van der Waals surface area contributed by atoms with Gasteiger partial charge in [-0.05, 0) is 84.2 Å². The summed E-state index contributed by atoms with van der Waals surface area (Å²) in [4.78, 5) is 2.31. The van der Waals surface area contributed by atoms with Crippen LogP contribution < -0.4 is 4.90 Å². The van der Waals surface area contributed by atoms with Crippen LogP contribution in [-0.2, 0) is 0 Å². The van der Waals surface area contributed by atoms with Crippen LogP contribution >= 0.6 is 0 Å². The van der Waals surface area contributed by atoms with Crippen molar-refractivity contribution < 1.29 is 0 Å². The third-order valence-electron chi connectivity index (χ3n) is 9.86. The van der Waals surface area contributed by atoms with Gasteiger partial charge in [0.25, 0.3) is 0 Å². The van der Waals surface area contributed by atoms with E-state index in [1.165, 1.54) is 60.1 Å². The topological polar surface area (TPSA) is 13.1 Å². The van der Waals surface area contributed by atoms with Crippen LogP contribution in [0, 0.1) is 0 Å². The van der Waals surface area contributed by atoms with Crippen molar-refractivity contribution in [3.63, 3.8) is 0 Å². The Kier molecular flexibility index (Phi) is 6.18. The van der Waals surface area contributed by atoms with Gasteiger partial charge in [0.05, 0.1) is 22.1 Å². The van der Waals surface area contributed by atoms with Gasteiger partial charge < -0.3 is 14.0 Å². The standard InChI is InChI=1S/C46H31N3/c1-4-15-33(16-5-1)47(34-17-6-2-7-18-34)36-25-27-37(28-26-36)48-41-23-13-12-22-39(41)44-42(48)30-31-43-45(44)40-29-24-32-14-10-11-21-38(32)46(40)49(43)35-19-8-3-9-20-35/h1-31H. The molecule has 3 nitrogen and oxygen atoms in total. The van der Waals surface area contributed by atoms with Gasteiger partial charge in [-0.15, -0.1) is 0 Å². The maximum absolute atomic E-state index is 2.45. The number of fused-ring (bicyclic) bond motifs is 9. The first-order chi connectivity index (χ1) is 24.3. The van der Waals surface area contributed by atoms with Gasteiger partial charge in [0.2, 0.25) is 0 Å². The molecule has 0 aliphatic carbocycles. The molecule has 8 aromatic carbocycles.